The van der Waals surface area contributed by atoms with Crippen molar-refractivity contribution in [3.05, 3.63) is 70.1 Å². The fourth-order valence-corrected chi connectivity index (χ4v) is 3.43. The van der Waals surface area contributed by atoms with E-state index in [2.05, 4.69) is 0 Å². The van der Waals surface area contributed by atoms with E-state index in [1.54, 1.807) is 22.5 Å². The molecule has 0 aliphatic carbocycles. The van der Waals surface area contributed by atoms with Crippen LogP contribution >= 0.6 is 11.3 Å². The summed E-state index contributed by atoms with van der Waals surface area (Å²) in [6.07, 6.45) is 2.46. The Labute approximate surface area is 146 Å². The Hall–Kier alpha value is -2.11. The summed E-state index contributed by atoms with van der Waals surface area (Å²) in [7, 11) is 0. The number of hydrogen-bond acceptors (Lipinski definition) is 4. The van der Waals surface area contributed by atoms with E-state index in [-0.39, 0.29) is 12.5 Å². The quantitative estimate of drug-likeness (QED) is 0.873. The summed E-state index contributed by atoms with van der Waals surface area (Å²) >= 11 is 1.54. The largest absolute Gasteiger partial charge is 0.501 e. The van der Waals surface area contributed by atoms with E-state index < -0.39 is 6.10 Å². The molecule has 1 atom stereocenters. The van der Waals surface area contributed by atoms with Crippen LogP contribution in [0.3, 0.4) is 0 Å². The normalized spacial score (nSPS) is 15.3. The molecule has 2 aromatic rings. The van der Waals surface area contributed by atoms with Crippen LogP contribution in [0.15, 0.2) is 59.0 Å². The van der Waals surface area contributed by atoms with Gasteiger partial charge in [0.25, 0.3) is 5.91 Å². The molecule has 1 aromatic heterocycles. The van der Waals surface area contributed by atoms with E-state index in [1.165, 1.54) is 0 Å². The highest BCUT2D eigenvalue weighted by molar-refractivity contribution is 7.07. The molecular weight excluding hydrogens is 322 g/mol. The SMILES string of the molecule is O=C(C1=COCCC1)N(Cc1ccccc1)C[C@H](O)c1ccsc1. The van der Waals surface area contributed by atoms with Crippen molar-refractivity contribution < 1.29 is 14.6 Å². The van der Waals surface area contributed by atoms with Crippen molar-refractivity contribution in [1.29, 1.82) is 0 Å². The number of aliphatic hydroxyl groups excluding tert-OH is 1. The standard InChI is InChI=1S/C19H21NO3S/c21-18(17-8-10-24-14-17)12-20(11-15-5-2-1-3-6-15)19(22)16-7-4-9-23-13-16/h1-3,5-6,8,10,13-14,18,21H,4,7,9,11-12H2/t18-/m0/s1. The van der Waals surface area contributed by atoms with Gasteiger partial charge in [0.05, 0.1) is 31.1 Å². The molecule has 1 aliphatic heterocycles. The van der Waals surface area contributed by atoms with Crippen LogP contribution in [0, 0.1) is 0 Å². The first-order valence-electron chi connectivity index (χ1n) is 8.08. The monoisotopic (exact) mass is 343 g/mol. The third-order valence-electron chi connectivity index (χ3n) is 4.03. The van der Waals surface area contributed by atoms with Crippen molar-refractivity contribution in [3.8, 4) is 0 Å². The Morgan fingerprint density at radius 1 is 1.29 bits per heavy atom. The van der Waals surface area contributed by atoms with Gasteiger partial charge in [-0.1, -0.05) is 30.3 Å². The molecule has 1 amide bonds. The van der Waals surface area contributed by atoms with E-state index in [0.717, 1.165) is 24.0 Å². The number of carbonyl (C=O) groups excluding carboxylic acids is 1. The Kier molecular flexibility index (Phi) is 5.67. The smallest absolute Gasteiger partial charge is 0.253 e. The van der Waals surface area contributed by atoms with Crippen molar-refractivity contribution in [2.45, 2.75) is 25.5 Å². The minimum atomic E-state index is -0.686. The maximum absolute atomic E-state index is 12.9. The first-order chi connectivity index (χ1) is 11.7. The highest BCUT2D eigenvalue weighted by Gasteiger charge is 2.23. The summed E-state index contributed by atoms with van der Waals surface area (Å²) < 4.78 is 5.31. The van der Waals surface area contributed by atoms with Gasteiger partial charge in [-0.15, -0.1) is 0 Å². The molecule has 3 rings (SSSR count). The van der Waals surface area contributed by atoms with Crippen LogP contribution in [0.4, 0.5) is 0 Å². The topological polar surface area (TPSA) is 49.8 Å². The molecule has 1 aliphatic rings. The van der Waals surface area contributed by atoms with Gasteiger partial charge in [-0.3, -0.25) is 4.79 Å². The van der Waals surface area contributed by atoms with Gasteiger partial charge in [-0.05, 0) is 40.8 Å². The number of rotatable bonds is 6. The van der Waals surface area contributed by atoms with Gasteiger partial charge in [0.15, 0.2) is 0 Å². The second-order valence-corrected chi connectivity index (χ2v) is 6.64. The highest BCUT2D eigenvalue weighted by atomic mass is 32.1. The van der Waals surface area contributed by atoms with Crippen LogP contribution < -0.4 is 0 Å². The van der Waals surface area contributed by atoms with Crippen molar-refractivity contribution in [1.82, 2.24) is 4.90 Å². The third kappa shape index (κ3) is 4.24. The van der Waals surface area contributed by atoms with E-state index in [9.17, 15) is 9.90 Å². The van der Waals surface area contributed by atoms with Gasteiger partial charge in [0, 0.05) is 6.54 Å². The van der Waals surface area contributed by atoms with Crippen LogP contribution in [-0.4, -0.2) is 29.1 Å². The van der Waals surface area contributed by atoms with Gasteiger partial charge >= 0.3 is 0 Å². The first-order valence-corrected chi connectivity index (χ1v) is 9.02. The molecule has 0 unspecified atom stereocenters. The predicted molar refractivity (Wildman–Crippen MR) is 94.4 cm³/mol. The Morgan fingerprint density at radius 3 is 2.79 bits per heavy atom. The second kappa shape index (κ2) is 8.13. The van der Waals surface area contributed by atoms with E-state index in [4.69, 9.17) is 4.74 Å². The molecule has 1 N–H and O–H groups in total. The van der Waals surface area contributed by atoms with Crippen LogP contribution in [-0.2, 0) is 16.1 Å². The summed E-state index contributed by atoms with van der Waals surface area (Å²) in [6, 6.07) is 11.7. The number of thiophene rings is 1. The van der Waals surface area contributed by atoms with Crippen LogP contribution in [0.1, 0.15) is 30.1 Å². The zero-order valence-electron chi connectivity index (χ0n) is 13.4. The minimum Gasteiger partial charge on any atom is -0.501 e. The minimum absolute atomic E-state index is 0.0622. The summed E-state index contributed by atoms with van der Waals surface area (Å²) in [6.45, 7) is 1.40. The van der Waals surface area contributed by atoms with Crippen molar-refractivity contribution in [2.75, 3.05) is 13.2 Å². The van der Waals surface area contributed by atoms with Crippen molar-refractivity contribution in [2.24, 2.45) is 0 Å². The molecule has 5 heteroatoms. The number of ether oxygens (including phenoxy) is 1. The number of benzene rings is 1. The van der Waals surface area contributed by atoms with E-state index in [0.29, 0.717) is 18.7 Å². The van der Waals surface area contributed by atoms with Crippen molar-refractivity contribution in [3.63, 3.8) is 0 Å². The molecule has 126 valence electrons. The number of hydrogen-bond donors (Lipinski definition) is 1. The highest BCUT2D eigenvalue weighted by Crippen LogP contribution is 2.22. The number of aliphatic hydroxyl groups is 1. The summed E-state index contributed by atoms with van der Waals surface area (Å²) in [5.74, 6) is -0.0622. The summed E-state index contributed by atoms with van der Waals surface area (Å²) in [5, 5.41) is 14.3. The van der Waals surface area contributed by atoms with Crippen LogP contribution in [0.5, 0.6) is 0 Å². The number of nitrogens with zero attached hydrogens (tertiary/aromatic N) is 1. The van der Waals surface area contributed by atoms with Crippen LogP contribution in [0.25, 0.3) is 0 Å². The lowest BCUT2D eigenvalue weighted by Gasteiger charge is -2.27. The van der Waals surface area contributed by atoms with Gasteiger partial charge in [-0.2, -0.15) is 11.3 Å². The average molecular weight is 343 g/mol. The zero-order chi connectivity index (χ0) is 16.8. The van der Waals surface area contributed by atoms with Gasteiger partial charge < -0.3 is 14.7 Å². The zero-order valence-corrected chi connectivity index (χ0v) is 14.2. The lowest BCUT2D eigenvalue weighted by Crippen LogP contribution is -2.35. The molecule has 0 saturated heterocycles. The van der Waals surface area contributed by atoms with Gasteiger partial charge in [0.1, 0.15) is 0 Å². The predicted octanol–water partition coefficient (Wildman–Crippen LogP) is 3.50. The molecule has 1 aromatic carbocycles. The molecule has 24 heavy (non-hydrogen) atoms. The Morgan fingerprint density at radius 2 is 2.12 bits per heavy atom. The molecule has 4 nitrogen and oxygen atoms in total. The molecule has 0 saturated carbocycles. The average Bonchev–Trinajstić information content (AvgIpc) is 3.17. The second-order valence-electron chi connectivity index (χ2n) is 5.86. The fraction of sp³-hybridized carbons (Fsp3) is 0.316. The molecule has 0 fully saturated rings. The lowest BCUT2D eigenvalue weighted by molar-refractivity contribution is -0.129. The molecule has 0 radical (unpaired) electrons. The maximum Gasteiger partial charge on any atom is 0.253 e. The Bertz CT molecular complexity index is 682. The maximum atomic E-state index is 12.9. The number of amides is 1. The Balaban J connectivity index is 1.77. The van der Waals surface area contributed by atoms with Gasteiger partial charge in [0.2, 0.25) is 0 Å². The lowest BCUT2D eigenvalue weighted by atomic mass is 10.1. The van der Waals surface area contributed by atoms with Gasteiger partial charge in [-0.25, -0.2) is 0 Å². The van der Waals surface area contributed by atoms with E-state index >= 15 is 0 Å². The van der Waals surface area contributed by atoms with Crippen molar-refractivity contribution >= 4 is 17.2 Å². The molecule has 0 bridgehead atoms. The molecule has 2 heterocycles. The third-order valence-corrected chi connectivity index (χ3v) is 4.73. The first kappa shape index (κ1) is 16.7. The van der Waals surface area contributed by atoms with Crippen LogP contribution in [0.2, 0.25) is 0 Å². The molecular formula is C19H21NO3S. The molecule has 0 spiro atoms. The fourth-order valence-electron chi connectivity index (χ4n) is 2.73. The summed E-state index contributed by atoms with van der Waals surface area (Å²) in [4.78, 5) is 14.6. The summed E-state index contributed by atoms with van der Waals surface area (Å²) in [5.41, 5.74) is 2.56. The number of carbonyl (C=O) groups is 1. The van der Waals surface area contributed by atoms with E-state index in [1.807, 2.05) is 47.2 Å².